The van der Waals surface area contributed by atoms with E-state index in [0.29, 0.717) is 27.7 Å². The van der Waals surface area contributed by atoms with Gasteiger partial charge in [-0.1, -0.05) is 23.7 Å². The third kappa shape index (κ3) is 3.81. The molecule has 1 amide bonds. The van der Waals surface area contributed by atoms with Gasteiger partial charge in [-0.25, -0.2) is 9.97 Å². The molecule has 7 nitrogen and oxygen atoms in total. The fourth-order valence-electron chi connectivity index (χ4n) is 3.40. The number of H-pyrrole nitrogens is 1. The number of carbonyl (C=O) groups is 1. The lowest BCUT2D eigenvalue weighted by Crippen LogP contribution is -2.10. The Hall–Kier alpha value is -4.10. The van der Waals surface area contributed by atoms with Crippen LogP contribution in [-0.2, 0) is 0 Å². The summed E-state index contributed by atoms with van der Waals surface area (Å²) in [6, 6.07) is 18.6. The Morgan fingerprint density at radius 3 is 2.59 bits per heavy atom. The number of aromatic amines is 1. The predicted octanol–water partition coefficient (Wildman–Crippen LogP) is 5.83. The summed E-state index contributed by atoms with van der Waals surface area (Å²) in [6.07, 6.45) is 3.25. The summed E-state index contributed by atoms with van der Waals surface area (Å²) < 4.78 is 5.14. The van der Waals surface area contributed by atoms with E-state index in [1.807, 2.05) is 37.4 Å². The van der Waals surface area contributed by atoms with Crippen LogP contribution in [0.2, 0.25) is 5.02 Å². The highest BCUT2D eigenvalue weighted by Gasteiger charge is 2.14. The van der Waals surface area contributed by atoms with Gasteiger partial charge >= 0.3 is 0 Å². The van der Waals surface area contributed by atoms with E-state index < -0.39 is 0 Å². The molecular formula is C24H18ClN5O2. The molecule has 8 heteroatoms. The number of rotatable bonds is 5. The Bertz CT molecular complexity index is 1410. The monoisotopic (exact) mass is 443 g/mol. The molecule has 0 spiro atoms. The standard InChI is InChI=1S/C24H18ClN5O2/c1-26-16-6-4-14(5-7-16)15-11-20-23(27-13-15)30-22(29-20)18-12-17(8-9-19(18)25)28-24(31)21-3-2-10-32-21/h2-13,26H,1H3,(H,28,31)(H,27,29,30). The number of anilines is 2. The van der Waals surface area contributed by atoms with E-state index in [1.165, 1.54) is 6.26 Å². The highest BCUT2D eigenvalue weighted by atomic mass is 35.5. The smallest absolute Gasteiger partial charge is 0.291 e. The van der Waals surface area contributed by atoms with E-state index in [0.717, 1.165) is 22.3 Å². The zero-order chi connectivity index (χ0) is 22.1. The molecule has 5 rings (SSSR count). The van der Waals surface area contributed by atoms with Crippen molar-refractivity contribution in [2.24, 2.45) is 0 Å². The van der Waals surface area contributed by atoms with E-state index in [4.69, 9.17) is 16.0 Å². The second-order valence-corrected chi connectivity index (χ2v) is 7.54. The fraction of sp³-hybridized carbons (Fsp3) is 0.0417. The molecule has 158 valence electrons. The lowest BCUT2D eigenvalue weighted by atomic mass is 10.1. The first-order chi connectivity index (χ1) is 15.6. The number of benzene rings is 2. The van der Waals surface area contributed by atoms with Crippen LogP contribution in [0.15, 0.2) is 77.5 Å². The molecule has 0 aliphatic heterocycles. The van der Waals surface area contributed by atoms with Crippen molar-refractivity contribution in [2.45, 2.75) is 0 Å². The summed E-state index contributed by atoms with van der Waals surface area (Å²) in [5, 5.41) is 6.41. The van der Waals surface area contributed by atoms with Crippen molar-refractivity contribution in [1.82, 2.24) is 15.0 Å². The summed E-state index contributed by atoms with van der Waals surface area (Å²) in [7, 11) is 1.89. The van der Waals surface area contributed by atoms with Gasteiger partial charge < -0.3 is 20.0 Å². The topological polar surface area (TPSA) is 95.8 Å². The van der Waals surface area contributed by atoms with Crippen molar-refractivity contribution in [3.63, 3.8) is 0 Å². The minimum absolute atomic E-state index is 0.227. The number of amides is 1. The number of aromatic nitrogens is 3. The Morgan fingerprint density at radius 1 is 1.03 bits per heavy atom. The second-order valence-electron chi connectivity index (χ2n) is 7.13. The minimum atomic E-state index is -0.344. The summed E-state index contributed by atoms with van der Waals surface area (Å²) in [4.78, 5) is 24.7. The van der Waals surface area contributed by atoms with Crippen LogP contribution in [0.1, 0.15) is 10.6 Å². The third-order valence-corrected chi connectivity index (χ3v) is 5.40. The SMILES string of the molecule is CNc1ccc(-c2cnc3nc(-c4cc(NC(=O)c5ccco5)ccc4Cl)[nH]c3c2)cc1. The van der Waals surface area contributed by atoms with Gasteiger partial charge in [-0.2, -0.15) is 0 Å². The molecule has 32 heavy (non-hydrogen) atoms. The van der Waals surface area contributed by atoms with E-state index in [2.05, 4.69) is 25.6 Å². The molecule has 3 aromatic heterocycles. The molecule has 0 aliphatic rings. The van der Waals surface area contributed by atoms with Crippen LogP contribution in [-0.4, -0.2) is 27.9 Å². The largest absolute Gasteiger partial charge is 0.459 e. The van der Waals surface area contributed by atoms with E-state index >= 15 is 0 Å². The predicted molar refractivity (Wildman–Crippen MR) is 126 cm³/mol. The lowest BCUT2D eigenvalue weighted by molar-refractivity contribution is 0.0996. The van der Waals surface area contributed by atoms with Crippen molar-refractivity contribution in [3.05, 3.63) is 83.9 Å². The maximum absolute atomic E-state index is 12.3. The van der Waals surface area contributed by atoms with Crippen molar-refractivity contribution in [1.29, 1.82) is 0 Å². The molecule has 2 aromatic carbocycles. The molecule has 0 unspecified atom stereocenters. The number of fused-ring (bicyclic) bond motifs is 1. The molecule has 0 saturated carbocycles. The van der Waals surface area contributed by atoms with Crippen LogP contribution < -0.4 is 10.6 Å². The zero-order valence-corrected chi connectivity index (χ0v) is 17.8. The Kier molecular flexibility index (Phi) is 5.09. The summed E-state index contributed by atoms with van der Waals surface area (Å²) in [6.45, 7) is 0. The number of furan rings is 1. The summed E-state index contributed by atoms with van der Waals surface area (Å²) in [5.74, 6) is 0.447. The summed E-state index contributed by atoms with van der Waals surface area (Å²) >= 11 is 6.43. The van der Waals surface area contributed by atoms with Crippen LogP contribution in [0.3, 0.4) is 0 Å². The van der Waals surface area contributed by atoms with Crippen molar-refractivity contribution in [2.75, 3.05) is 17.7 Å². The number of nitrogens with one attached hydrogen (secondary N) is 3. The van der Waals surface area contributed by atoms with Crippen LogP contribution >= 0.6 is 11.6 Å². The van der Waals surface area contributed by atoms with Crippen molar-refractivity contribution >= 4 is 40.0 Å². The van der Waals surface area contributed by atoms with Gasteiger partial charge in [0.25, 0.3) is 5.91 Å². The maximum atomic E-state index is 12.3. The van der Waals surface area contributed by atoms with Crippen molar-refractivity contribution < 1.29 is 9.21 Å². The molecule has 0 saturated heterocycles. The molecule has 0 aliphatic carbocycles. The number of pyridine rings is 1. The third-order valence-electron chi connectivity index (χ3n) is 5.07. The van der Waals surface area contributed by atoms with Gasteiger partial charge in [-0.15, -0.1) is 0 Å². The first-order valence-corrected chi connectivity index (χ1v) is 10.3. The second kappa shape index (κ2) is 8.20. The average molecular weight is 444 g/mol. The Morgan fingerprint density at radius 2 is 1.84 bits per heavy atom. The van der Waals surface area contributed by atoms with Crippen LogP contribution in [0, 0.1) is 0 Å². The highest BCUT2D eigenvalue weighted by molar-refractivity contribution is 6.33. The van der Waals surface area contributed by atoms with Crippen LogP contribution in [0.4, 0.5) is 11.4 Å². The number of hydrogen-bond acceptors (Lipinski definition) is 5. The Labute approximate surface area is 188 Å². The van der Waals surface area contributed by atoms with E-state index in [9.17, 15) is 4.79 Å². The van der Waals surface area contributed by atoms with Gasteiger partial charge in [-0.3, -0.25) is 4.79 Å². The summed E-state index contributed by atoms with van der Waals surface area (Å²) in [5.41, 5.74) is 5.66. The Balaban J connectivity index is 1.46. The lowest BCUT2D eigenvalue weighted by Gasteiger charge is -2.07. The number of imidazole rings is 1. The van der Waals surface area contributed by atoms with Gasteiger partial charge in [0.1, 0.15) is 5.82 Å². The van der Waals surface area contributed by atoms with Gasteiger partial charge in [0.2, 0.25) is 0 Å². The van der Waals surface area contributed by atoms with Gasteiger partial charge in [0, 0.05) is 35.7 Å². The van der Waals surface area contributed by atoms with E-state index in [1.54, 1.807) is 36.5 Å². The minimum Gasteiger partial charge on any atom is -0.459 e. The molecule has 3 N–H and O–H groups in total. The molecule has 0 bridgehead atoms. The van der Waals surface area contributed by atoms with Gasteiger partial charge in [-0.05, 0) is 54.1 Å². The zero-order valence-electron chi connectivity index (χ0n) is 17.0. The van der Waals surface area contributed by atoms with Gasteiger partial charge in [0.15, 0.2) is 11.4 Å². The molecule has 0 atom stereocenters. The molecule has 0 fully saturated rings. The molecule has 5 aromatic rings. The number of halogens is 1. The maximum Gasteiger partial charge on any atom is 0.291 e. The molecule has 0 radical (unpaired) electrons. The first kappa shape index (κ1) is 19.8. The molecular weight excluding hydrogens is 426 g/mol. The quantitative estimate of drug-likeness (QED) is 0.317. The highest BCUT2D eigenvalue weighted by Crippen LogP contribution is 2.31. The molecule has 3 heterocycles. The fourth-order valence-corrected chi connectivity index (χ4v) is 3.61. The van der Waals surface area contributed by atoms with Crippen LogP contribution in [0.25, 0.3) is 33.7 Å². The number of hydrogen-bond donors (Lipinski definition) is 3. The first-order valence-electron chi connectivity index (χ1n) is 9.89. The normalized spacial score (nSPS) is 10.9. The number of nitrogens with zero attached hydrogens (tertiary/aromatic N) is 2. The average Bonchev–Trinajstić information content (AvgIpc) is 3.50. The van der Waals surface area contributed by atoms with Gasteiger partial charge in [0.05, 0.1) is 16.8 Å². The van der Waals surface area contributed by atoms with Crippen molar-refractivity contribution in [3.8, 4) is 22.5 Å². The number of carbonyl (C=O) groups excluding carboxylic acids is 1. The van der Waals surface area contributed by atoms with E-state index in [-0.39, 0.29) is 11.7 Å². The van der Waals surface area contributed by atoms with Crippen LogP contribution in [0.5, 0.6) is 0 Å².